The van der Waals surface area contributed by atoms with Gasteiger partial charge in [0.1, 0.15) is 0 Å². The number of likely N-dealkylation sites (N-methyl/N-ethyl adjacent to an activating group) is 1. The van der Waals surface area contributed by atoms with E-state index in [1.807, 2.05) is 32.4 Å². The maximum absolute atomic E-state index is 12.1. The van der Waals surface area contributed by atoms with Crippen molar-refractivity contribution in [2.75, 3.05) is 32.9 Å². The van der Waals surface area contributed by atoms with E-state index in [1.165, 1.54) is 11.8 Å². The first-order chi connectivity index (χ1) is 8.51. The molecule has 0 amide bonds. The summed E-state index contributed by atoms with van der Waals surface area (Å²) >= 11 is 1.44. The summed E-state index contributed by atoms with van der Waals surface area (Å²) in [6.45, 7) is 4.08. The lowest BCUT2D eigenvalue weighted by Gasteiger charge is -2.15. The molecule has 102 valence electrons. The minimum Gasteiger partial charge on any atom is -0.305 e. The monoisotopic (exact) mass is 288 g/mol. The summed E-state index contributed by atoms with van der Waals surface area (Å²) in [6.07, 6.45) is 1.87. The average molecular weight is 288 g/mol. The second-order valence-electron chi connectivity index (χ2n) is 3.94. The van der Waals surface area contributed by atoms with Crippen molar-refractivity contribution in [3.05, 3.63) is 24.3 Å². The fourth-order valence-electron chi connectivity index (χ4n) is 1.45. The minimum absolute atomic E-state index is 0.358. The Labute approximate surface area is 114 Å². The molecule has 1 aromatic rings. The molecule has 0 fully saturated rings. The fraction of sp³-hybridized carbons (Fsp3) is 0.500. The highest BCUT2D eigenvalue weighted by molar-refractivity contribution is 7.99. The Morgan fingerprint density at radius 1 is 1.33 bits per heavy atom. The molecule has 0 heterocycles. The normalized spacial score (nSPS) is 12.0. The van der Waals surface area contributed by atoms with E-state index in [9.17, 15) is 8.42 Å². The van der Waals surface area contributed by atoms with Crippen molar-refractivity contribution in [1.29, 1.82) is 0 Å². The number of sulfonamides is 1. The third-order valence-corrected chi connectivity index (χ3v) is 5.13. The van der Waals surface area contributed by atoms with Crippen LogP contribution in [0.5, 0.6) is 0 Å². The molecule has 4 nitrogen and oxygen atoms in total. The zero-order chi connectivity index (χ0) is 13.6. The Morgan fingerprint density at radius 3 is 2.61 bits per heavy atom. The van der Waals surface area contributed by atoms with Gasteiger partial charge in [0, 0.05) is 18.0 Å². The molecule has 1 N–H and O–H groups in total. The number of thioether (sulfide) groups is 1. The van der Waals surface area contributed by atoms with Crippen LogP contribution in [0.1, 0.15) is 6.92 Å². The van der Waals surface area contributed by atoms with E-state index in [-0.39, 0.29) is 0 Å². The van der Waals surface area contributed by atoms with Gasteiger partial charge in [0.25, 0.3) is 0 Å². The molecule has 0 saturated carbocycles. The lowest BCUT2D eigenvalue weighted by atomic mass is 10.4. The van der Waals surface area contributed by atoms with Crippen molar-refractivity contribution in [2.45, 2.75) is 16.7 Å². The van der Waals surface area contributed by atoms with Crippen LogP contribution in [0.25, 0.3) is 0 Å². The highest BCUT2D eigenvalue weighted by Crippen LogP contribution is 2.23. The number of hydrogen-bond acceptors (Lipinski definition) is 4. The molecular formula is C12H20N2O2S2. The predicted octanol–water partition coefficient (Wildman–Crippen LogP) is 1.64. The van der Waals surface area contributed by atoms with E-state index in [2.05, 4.69) is 9.62 Å². The number of rotatable bonds is 7. The third-order valence-electron chi connectivity index (χ3n) is 2.68. The Hall–Kier alpha value is -0.560. The van der Waals surface area contributed by atoms with Crippen molar-refractivity contribution in [2.24, 2.45) is 0 Å². The Morgan fingerprint density at radius 2 is 2.00 bits per heavy atom. The molecule has 0 aliphatic carbocycles. The number of nitrogens with one attached hydrogen (secondary N) is 1. The van der Waals surface area contributed by atoms with Crippen LogP contribution in [0.15, 0.2) is 34.1 Å². The zero-order valence-corrected chi connectivity index (χ0v) is 12.6. The van der Waals surface area contributed by atoms with Crippen LogP contribution >= 0.6 is 11.8 Å². The van der Waals surface area contributed by atoms with E-state index in [0.717, 1.165) is 11.4 Å². The summed E-state index contributed by atoms with van der Waals surface area (Å²) in [7, 11) is -1.44. The molecular weight excluding hydrogens is 268 g/mol. The second-order valence-corrected chi connectivity index (χ2v) is 6.53. The van der Waals surface area contributed by atoms with Gasteiger partial charge < -0.3 is 4.90 Å². The smallest absolute Gasteiger partial charge is 0.241 e. The average Bonchev–Trinajstić information content (AvgIpc) is 2.38. The molecule has 0 radical (unpaired) electrons. The van der Waals surface area contributed by atoms with E-state index in [1.54, 1.807) is 12.1 Å². The quantitative estimate of drug-likeness (QED) is 0.775. The van der Waals surface area contributed by atoms with E-state index in [4.69, 9.17) is 0 Å². The Kier molecular flexibility index (Phi) is 6.14. The van der Waals surface area contributed by atoms with Crippen LogP contribution in [-0.4, -0.2) is 46.3 Å². The fourth-order valence-corrected chi connectivity index (χ4v) is 3.62. The molecule has 0 aliphatic rings. The van der Waals surface area contributed by atoms with Crippen LogP contribution < -0.4 is 4.72 Å². The second kappa shape index (κ2) is 7.13. The van der Waals surface area contributed by atoms with Gasteiger partial charge in [0.2, 0.25) is 10.0 Å². The number of benzene rings is 1. The van der Waals surface area contributed by atoms with Crippen molar-refractivity contribution in [3.63, 3.8) is 0 Å². The summed E-state index contributed by atoms with van der Waals surface area (Å²) in [5.74, 6) is 0. The number of nitrogens with zero attached hydrogens (tertiary/aromatic N) is 1. The molecule has 0 saturated heterocycles. The maximum atomic E-state index is 12.1. The minimum atomic E-state index is -3.40. The molecule has 1 rings (SSSR count). The van der Waals surface area contributed by atoms with E-state index in [0.29, 0.717) is 18.0 Å². The molecule has 0 spiro atoms. The van der Waals surface area contributed by atoms with Crippen LogP contribution in [-0.2, 0) is 10.0 Å². The summed E-state index contributed by atoms with van der Waals surface area (Å²) in [6, 6.07) is 7.04. The number of hydrogen-bond donors (Lipinski definition) is 1. The SMILES string of the molecule is CCN(C)CCNS(=O)(=O)c1ccccc1SC. The summed E-state index contributed by atoms with van der Waals surface area (Å²) in [4.78, 5) is 3.19. The topological polar surface area (TPSA) is 49.4 Å². The van der Waals surface area contributed by atoms with Crippen molar-refractivity contribution in [1.82, 2.24) is 9.62 Å². The third kappa shape index (κ3) is 4.28. The lowest BCUT2D eigenvalue weighted by molar-refractivity contribution is 0.358. The van der Waals surface area contributed by atoms with Gasteiger partial charge >= 0.3 is 0 Å². The summed E-state index contributed by atoms with van der Waals surface area (Å²) < 4.78 is 26.9. The van der Waals surface area contributed by atoms with Gasteiger partial charge in [-0.05, 0) is 32.0 Å². The van der Waals surface area contributed by atoms with Crippen molar-refractivity contribution in [3.8, 4) is 0 Å². The maximum Gasteiger partial charge on any atom is 0.241 e. The summed E-state index contributed by atoms with van der Waals surface area (Å²) in [5, 5.41) is 0. The van der Waals surface area contributed by atoms with Gasteiger partial charge in [-0.15, -0.1) is 11.8 Å². The van der Waals surface area contributed by atoms with Gasteiger partial charge in [-0.2, -0.15) is 0 Å². The van der Waals surface area contributed by atoms with Crippen molar-refractivity contribution < 1.29 is 8.42 Å². The van der Waals surface area contributed by atoms with Gasteiger partial charge in [-0.25, -0.2) is 13.1 Å². The van der Waals surface area contributed by atoms with Crippen LogP contribution in [0.3, 0.4) is 0 Å². The first-order valence-electron chi connectivity index (χ1n) is 5.82. The highest BCUT2D eigenvalue weighted by Gasteiger charge is 2.17. The molecule has 0 atom stereocenters. The molecule has 0 aliphatic heterocycles. The molecule has 0 bridgehead atoms. The highest BCUT2D eigenvalue weighted by atomic mass is 32.2. The van der Waals surface area contributed by atoms with Gasteiger partial charge in [-0.1, -0.05) is 19.1 Å². The van der Waals surface area contributed by atoms with Gasteiger partial charge in [-0.3, -0.25) is 0 Å². The Balaban J connectivity index is 2.74. The molecule has 0 unspecified atom stereocenters. The molecule has 6 heteroatoms. The van der Waals surface area contributed by atoms with E-state index < -0.39 is 10.0 Å². The van der Waals surface area contributed by atoms with E-state index >= 15 is 0 Å². The van der Waals surface area contributed by atoms with Gasteiger partial charge in [0.05, 0.1) is 4.90 Å². The van der Waals surface area contributed by atoms with Crippen LogP contribution in [0.2, 0.25) is 0 Å². The first-order valence-corrected chi connectivity index (χ1v) is 8.53. The van der Waals surface area contributed by atoms with Crippen LogP contribution in [0, 0.1) is 0 Å². The predicted molar refractivity (Wildman–Crippen MR) is 76.6 cm³/mol. The summed E-state index contributed by atoms with van der Waals surface area (Å²) in [5.41, 5.74) is 0. The van der Waals surface area contributed by atoms with Crippen LogP contribution in [0.4, 0.5) is 0 Å². The van der Waals surface area contributed by atoms with Crippen molar-refractivity contribution >= 4 is 21.8 Å². The van der Waals surface area contributed by atoms with Gasteiger partial charge in [0.15, 0.2) is 0 Å². The Bertz CT molecular complexity index is 475. The lowest BCUT2D eigenvalue weighted by Crippen LogP contribution is -2.33. The largest absolute Gasteiger partial charge is 0.305 e. The molecule has 1 aromatic carbocycles. The molecule has 18 heavy (non-hydrogen) atoms. The first kappa shape index (κ1) is 15.5. The zero-order valence-electron chi connectivity index (χ0n) is 11.0. The standard InChI is InChI=1S/C12H20N2O2S2/c1-4-14(2)10-9-13-18(15,16)12-8-6-5-7-11(12)17-3/h5-8,13H,4,9-10H2,1-3H3. The molecule has 0 aromatic heterocycles.